The number of azo groups is 2. The molecule has 8 rings (SSSR count). The maximum absolute atomic E-state index is 13.3. The van der Waals surface area contributed by atoms with Gasteiger partial charge in [-0.2, -0.15) is 13.5 Å². The van der Waals surface area contributed by atoms with Crippen LogP contribution >= 0.6 is 23.2 Å². The van der Waals surface area contributed by atoms with Crippen molar-refractivity contribution in [2.75, 3.05) is 24.9 Å². The molecule has 0 fully saturated rings. The first-order valence-electron chi connectivity index (χ1n) is 20.9. The number of aryl methyl sites for hydroxylation is 2. The fourth-order valence-corrected chi connectivity index (χ4v) is 9.52. The van der Waals surface area contributed by atoms with Gasteiger partial charge in [-0.25, -0.2) is 8.42 Å². The Morgan fingerprint density at radius 3 is 1.44 bits per heavy atom. The van der Waals surface area contributed by atoms with E-state index < -0.39 is 53.3 Å². The third kappa shape index (κ3) is 12.9. The number of amides is 2. The van der Waals surface area contributed by atoms with E-state index in [1.165, 1.54) is 57.5 Å². The van der Waals surface area contributed by atoms with Gasteiger partial charge in [0.15, 0.2) is 5.75 Å². The molecular weight excluding hydrogens is 1150 g/mol. The van der Waals surface area contributed by atoms with E-state index in [2.05, 4.69) is 31.1 Å². The third-order valence-corrected chi connectivity index (χ3v) is 13.4. The number of nitrogens with zero attached hydrogens (tertiary/aromatic N) is 4. The zero-order valence-corrected chi connectivity index (χ0v) is 46.3. The molecule has 368 valence electrons. The summed E-state index contributed by atoms with van der Waals surface area (Å²) in [4.78, 5) is 24.7. The monoisotopic (exact) mass is 1190 g/mol. The quantitative estimate of drug-likeness (QED) is 0.0505. The van der Waals surface area contributed by atoms with Crippen molar-refractivity contribution in [2.24, 2.45) is 20.5 Å². The fraction of sp³-hybridized carbons (Fsp3) is 0.0800. The number of fused-ring (bicyclic) bond motifs is 2. The number of carbonyl (C=O) groups is 2. The van der Waals surface area contributed by atoms with Crippen LogP contribution in [0.4, 0.5) is 34.1 Å². The van der Waals surface area contributed by atoms with Crippen molar-refractivity contribution in [3.05, 3.63) is 166 Å². The molecule has 73 heavy (non-hydrogen) atoms. The average molecular weight is 1190 g/mol. The van der Waals surface area contributed by atoms with Crippen molar-refractivity contribution in [2.45, 2.75) is 23.6 Å². The maximum atomic E-state index is 13.3. The SMILES string of the molecule is COc1ccc(NC(=O)c2cc3ccccc3c(N=Nc3c(C)ccc(Cl)c3S(=O)(=O)O)c2O)cc1.COc1ccc(NC(=O)c2cc3ccccc3c(N=Nc3c(C)ccc(Cl)c3S(=O)(=O)[O-])c2[O-])cc1.[Ba+2]. The topological polar surface area (TPSA) is 281 Å². The molecule has 0 saturated carbocycles. The zero-order chi connectivity index (χ0) is 52.1. The van der Waals surface area contributed by atoms with Gasteiger partial charge in [-0.15, -0.1) is 15.3 Å². The predicted octanol–water partition coefficient (Wildman–Crippen LogP) is 11.5. The smallest absolute Gasteiger partial charge is 0.870 e. The Kier molecular flexibility index (Phi) is 18.1. The summed E-state index contributed by atoms with van der Waals surface area (Å²) in [7, 11) is -6.67. The number of benzene rings is 8. The number of carbonyl (C=O) groups excluding carboxylic acids is 2. The number of ether oxygens (including phenoxy) is 2. The molecule has 4 N–H and O–H groups in total. The molecule has 0 aliphatic rings. The molecule has 0 spiro atoms. The fourth-order valence-electron chi connectivity index (χ4n) is 7.14. The average Bonchev–Trinajstić information content (AvgIpc) is 3.34. The Morgan fingerprint density at radius 2 is 0.973 bits per heavy atom. The van der Waals surface area contributed by atoms with Gasteiger partial charge in [0.05, 0.1) is 35.5 Å². The number of anilines is 2. The zero-order valence-electron chi connectivity index (χ0n) is 38.7. The van der Waals surface area contributed by atoms with Crippen LogP contribution in [0, 0.1) is 13.8 Å². The van der Waals surface area contributed by atoms with Crippen LogP contribution in [-0.2, 0) is 20.2 Å². The van der Waals surface area contributed by atoms with Gasteiger partial charge in [-0.1, -0.05) is 89.6 Å². The first-order chi connectivity index (χ1) is 34.2. The van der Waals surface area contributed by atoms with Gasteiger partial charge in [0.25, 0.3) is 21.9 Å². The summed E-state index contributed by atoms with van der Waals surface area (Å²) in [5.74, 6) is -1.25. The number of phenols is 1. The molecule has 0 heterocycles. The molecule has 0 radical (unpaired) electrons. The van der Waals surface area contributed by atoms with Gasteiger partial charge >= 0.3 is 48.9 Å². The molecule has 0 aromatic heterocycles. The van der Waals surface area contributed by atoms with Crippen LogP contribution in [0.1, 0.15) is 31.8 Å². The minimum Gasteiger partial charge on any atom is -0.870 e. The van der Waals surface area contributed by atoms with Crippen molar-refractivity contribution in [3.8, 4) is 23.0 Å². The summed E-state index contributed by atoms with van der Waals surface area (Å²) >= 11 is 12.0. The number of methoxy groups -OCH3 is 2. The Hall–Kier alpha value is -6.41. The standard InChI is InChI=1S/2C25H20ClN3O6S.Ba/c2*1-14-7-12-20(26)24(36(32,33)34)21(14)28-29-22-18-6-4-3-5-15(18)13-19(23(22)30)25(31)27-16-8-10-17(35-2)11-9-16;/h2*3-13,30H,1-2H3,(H,27,31)(H,32,33,34);/q;;+2/p-2. The number of phenolic OH excluding ortho intramolecular Hbond substituents is 1. The van der Waals surface area contributed by atoms with E-state index >= 15 is 0 Å². The normalized spacial score (nSPS) is 11.5. The summed E-state index contributed by atoms with van der Waals surface area (Å²) < 4.78 is 79.2. The number of halogens is 2. The summed E-state index contributed by atoms with van der Waals surface area (Å²) in [6, 6.07) is 35.3. The Balaban J connectivity index is 0.000000235. The Labute approximate surface area is 468 Å². The molecule has 23 heteroatoms. The van der Waals surface area contributed by atoms with Gasteiger partial charge in [0.2, 0.25) is 0 Å². The minimum atomic E-state index is -4.99. The molecular formula is C50H38BaCl2N6O12S2. The molecule has 0 aliphatic heterocycles. The summed E-state index contributed by atoms with van der Waals surface area (Å²) in [6.45, 7) is 3.09. The second-order valence-electron chi connectivity index (χ2n) is 15.4. The molecule has 0 saturated heterocycles. The number of rotatable bonds is 12. The maximum Gasteiger partial charge on any atom is 2.00 e. The van der Waals surface area contributed by atoms with Crippen molar-refractivity contribution in [3.63, 3.8) is 0 Å². The Bertz CT molecular complexity index is 3490. The third-order valence-electron chi connectivity index (χ3n) is 10.7. The minimum absolute atomic E-state index is 0. The molecule has 2 amide bonds. The second kappa shape index (κ2) is 23.6. The Morgan fingerprint density at radius 1 is 0.575 bits per heavy atom. The van der Waals surface area contributed by atoms with Gasteiger partial charge in [-0.3, -0.25) is 14.1 Å². The summed E-state index contributed by atoms with van der Waals surface area (Å²) in [6.07, 6.45) is 0. The van der Waals surface area contributed by atoms with Gasteiger partial charge < -0.3 is 34.9 Å². The van der Waals surface area contributed by atoms with E-state index in [9.17, 15) is 45.7 Å². The van der Waals surface area contributed by atoms with Crippen LogP contribution in [-0.4, -0.2) is 106 Å². The molecule has 8 aromatic rings. The van der Waals surface area contributed by atoms with Crippen LogP contribution in [0.2, 0.25) is 10.0 Å². The number of aromatic hydroxyl groups is 1. The first kappa shape index (κ1) is 55.9. The molecule has 0 unspecified atom stereocenters. The van der Waals surface area contributed by atoms with Crippen molar-refractivity contribution < 1.29 is 55.2 Å². The van der Waals surface area contributed by atoms with Crippen LogP contribution in [0.3, 0.4) is 0 Å². The van der Waals surface area contributed by atoms with Crippen molar-refractivity contribution >= 4 is 160 Å². The second-order valence-corrected chi connectivity index (χ2v) is 18.9. The number of hydrogen-bond acceptors (Lipinski definition) is 15. The largest absolute Gasteiger partial charge is 2.00 e. The van der Waals surface area contributed by atoms with E-state index in [0.29, 0.717) is 55.5 Å². The van der Waals surface area contributed by atoms with Crippen LogP contribution in [0.5, 0.6) is 23.0 Å². The van der Waals surface area contributed by atoms with E-state index in [1.807, 2.05) is 0 Å². The number of nitrogens with one attached hydrogen (secondary N) is 2. The molecule has 0 aliphatic carbocycles. The predicted molar refractivity (Wildman–Crippen MR) is 275 cm³/mol. The summed E-state index contributed by atoms with van der Waals surface area (Å²) in [5, 5.41) is 47.2. The van der Waals surface area contributed by atoms with E-state index in [4.69, 9.17) is 32.7 Å². The first-order valence-corrected chi connectivity index (χ1v) is 24.5. The van der Waals surface area contributed by atoms with Crippen LogP contribution in [0.25, 0.3) is 21.5 Å². The molecule has 0 bridgehead atoms. The molecule has 0 atom stereocenters. The van der Waals surface area contributed by atoms with E-state index in [-0.39, 0.29) is 92.8 Å². The van der Waals surface area contributed by atoms with Crippen LogP contribution in [0.15, 0.2) is 164 Å². The summed E-state index contributed by atoms with van der Waals surface area (Å²) in [5.41, 5.74) is 0.594. The van der Waals surface area contributed by atoms with Gasteiger partial charge in [0.1, 0.15) is 48.5 Å². The van der Waals surface area contributed by atoms with Crippen molar-refractivity contribution in [1.29, 1.82) is 0 Å². The van der Waals surface area contributed by atoms with E-state index in [1.54, 1.807) is 104 Å². The van der Waals surface area contributed by atoms with Crippen LogP contribution < -0.4 is 25.2 Å². The molecule has 18 nitrogen and oxygen atoms in total. The molecule has 8 aromatic carbocycles. The number of hydrogen-bond donors (Lipinski definition) is 4. The van der Waals surface area contributed by atoms with Gasteiger partial charge in [0, 0.05) is 27.7 Å². The van der Waals surface area contributed by atoms with Gasteiger partial charge in [-0.05, 0) is 109 Å². The van der Waals surface area contributed by atoms with Crippen molar-refractivity contribution in [1.82, 2.24) is 0 Å². The van der Waals surface area contributed by atoms with E-state index in [0.717, 1.165) is 0 Å².